The van der Waals surface area contributed by atoms with E-state index < -0.39 is 0 Å². The molecular weight excluding hydrogens is 166 g/mol. The number of oxazole rings is 1. The van der Waals surface area contributed by atoms with Gasteiger partial charge < -0.3 is 9.52 Å². The van der Waals surface area contributed by atoms with E-state index in [4.69, 9.17) is 16.0 Å². The quantitative estimate of drug-likeness (QED) is 0.658. The Hall–Kier alpha value is -1.22. The summed E-state index contributed by atoms with van der Waals surface area (Å²) in [4.78, 5) is 3.78. The number of nitrogens with zero attached hydrogens (tertiary/aromatic N) is 1. The maximum Gasteiger partial charge on any atom is 0.182 e. The van der Waals surface area contributed by atoms with Gasteiger partial charge in [-0.1, -0.05) is 11.6 Å². The Bertz CT molecular complexity index is 360. The normalized spacial score (nSPS) is 10.6. The summed E-state index contributed by atoms with van der Waals surface area (Å²) in [5.74, 6) is 0.0816. The van der Waals surface area contributed by atoms with Crippen molar-refractivity contribution in [3.05, 3.63) is 23.5 Å². The van der Waals surface area contributed by atoms with Crippen LogP contribution in [0.2, 0.25) is 5.02 Å². The zero-order valence-corrected chi connectivity index (χ0v) is 6.17. The van der Waals surface area contributed by atoms with Crippen LogP contribution in [-0.4, -0.2) is 10.1 Å². The van der Waals surface area contributed by atoms with Crippen molar-refractivity contribution < 1.29 is 9.52 Å². The second-order valence-corrected chi connectivity index (χ2v) is 2.50. The van der Waals surface area contributed by atoms with Crippen LogP contribution in [0, 0.1) is 0 Å². The van der Waals surface area contributed by atoms with Crippen LogP contribution in [0.3, 0.4) is 0 Å². The third kappa shape index (κ3) is 0.851. The van der Waals surface area contributed by atoms with Gasteiger partial charge in [-0.05, 0) is 12.1 Å². The maximum absolute atomic E-state index is 9.20. The zero-order chi connectivity index (χ0) is 7.84. The number of aromatic nitrogens is 1. The van der Waals surface area contributed by atoms with Gasteiger partial charge in [-0.15, -0.1) is 0 Å². The highest BCUT2D eigenvalue weighted by Gasteiger charge is 2.06. The molecule has 11 heavy (non-hydrogen) atoms. The predicted molar refractivity (Wildman–Crippen MR) is 40.7 cm³/mol. The number of rotatable bonds is 0. The fraction of sp³-hybridized carbons (Fsp3) is 0. The van der Waals surface area contributed by atoms with Crippen molar-refractivity contribution in [2.45, 2.75) is 0 Å². The van der Waals surface area contributed by atoms with Gasteiger partial charge in [-0.2, -0.15) is 0 Å². The molecule has 1 aromatic heterocycles. The minimum absolute atomic E-state index is 0.0816. The summed E-state index contributed by atoms with van der Waals surface area (Å²) in [6, 6.07) is 3.04. The van der Waals surface area contributed by atoms with Crippen LogP contribution in [0.15, 0.2) is 22.9 Å². The van der Waals surface area contributed by atoms with Crippen LogP contribution in [-0.2, 0) is 0 Å². The first kappa shape index (κ1) is 6.49. The molecule has 0 spiro atoms. The number of fused-ring (bicyclic) bond motifs is 1. The molecule has 0 saturated carbocycles. The molecule has 3 nitrogen and oxygen atoms in total. The van der Waals surface area contributed by atoms with Crippen molar-refractivity contribution in [3.63, 3.8) is 0 Å². The Kier molecular flexibility index (Phi) is 1.26. The smallest absolute Gasteiger partial charge is 0.182 e. The summed E-state index contributed by atoms with van der Waals surface area (Å²) in [5, 5.41) is 9.66. The molecular formula is C7H4ClNO2. The maximum atomic E-state index is 9.20. The molecule has 0 saturated heterocycles. The average Bonchev–Trinajstić information content (AvgIpc) is 2.45. The van der Waals surface area contributed by atoms with Crippen molar-refractivity contribution in [1.29, 1.82) is 0 Å². The predicted octanol–water partition coefficient (Wildman–Crippen LogP) is 2.19. The molecule has 2 rings (SSSR count). The van der Waals surface area contributed by atoms with Gasteiger partial charge in [0.05, 0.1) is 5.02 Å². The van der Waals surface area contributed by atoms with Crippen molar-refractivity contribution in [1.82, 2.24) is 4.98 Å². The van der Waals surface area contributed by atoms with Gasteiger partial charge in [-0.3, -0.25) is 0 Å². The first-order chi connectivity index (χ1) is 5.29. The largest absolute Gasteiger partial charge is 0.506 e. The van der Waals surface area contributed by atoms with E-state index in [1.807, 2.05) is 0 Å². The van der Waals surface area contributed by atoms with Crippen molar-refractivity contribution in [3.8, 4) is 5.75 Å². The summed E-state index contributed by atoms with van der Waals surface area (Å²) in [5.41, 5.74) is 0.823. The summed E-state index contributed by atoms with van der Waals surface area (Å²) >= 11 is 5.73. The van der Waals surface area contributed by atoms with Crippen LogP contribution in [0.4, 0.5) is 0 Å². The van der Waals surface area contributed by atoms with Crippen LogP contribution in [0.5, 0.6) is 5.75 Å². The minimum atomic E-state index is 0.0816. The number of hydrogen-bond donors (Lipinski definition) is 1. The standard InChI is InChI=1S/C7H4ClNO2/c8-4-1-2-5(10)6-7(4)11-3-9-6/h1-3,10H. The second kappa shape index (κ2) is 2.13. The highest BCUT2D eigenvalue weighted by molar-refractivity contribution is 6.34. The topological polar surface area (TPSA) is 46.3 Å². The molecule has 0 fully saturated rings. The Balaban J connectivity index is 2.96. The van der Waals surface area contributed by atoms with Gasteiger partial charge in [0.1, 0.15) is 5.75 Å². The molecule has 0 bridgehead atoms. The number of hydrogen-bond acceptors (Lipinski definition) is 3. The molecule has 0 aliphatic heterocycles. The third-order valence-electron chi connectivity index (χ3n) is 1.41. The van der Waals surface area contributed by atoms with Gasteiger partial charge in [0.15, 0.2) is 17.5 Å². The van der Waals surface area contributed by atoms with Crippen LogP contribution in [0.1, 0.15) is 0 Å². The zero-order valence-electron chi connectivity index (χ0n) is 5.41. The average molecular weight is 170 g/mol. The molecule has 0 aliphatic carbocycles. The highest BCUT2D eigenvalue weighted by Crippen LogP contribution is 2.28. The summed E-state index contributed by atoms with van der Waals surface area (Å²) in [6.45, 7) is 0. The molecule has 2 aromatic rings. The lowest BCUT2D eigenvalue weighted by atomic mass is 10.3. The van der Waals surface area contributed by atoms with Crippen molar-refractivity contribution >= 4 is 22.7 Å². The molecule has 0 unspecified atom stereocenters. The number of phenolic OH excluding ortho intramolecular Hbond substituents is 1. The Morgan fingerprint density at radius 3 is 3.00 bits per heavy atom. The summed E-state index contributed by atoms with van der Waals surface area (Å²) in [6.07, 6.45) is 1.25. The third-order valence-corrected chi connectivity index (χ3v) is 1.71. The molecule has 1 heterocycles. The second-order valence-electron chi connectivity index (χ2n) is 2.10. The molecule has 56 valence electrons. The van der Waals surface area contributed by atoms with E-state index in [1.165, 1.54) is 12.5 Å². The van der Waals surface area contributed by atoms with Crippen LogP contribution < -0.4 is 0 Å². The van der Waals surface area contributed by atoms with Gasteiger partial charge in [-0.25, -0.2) is 4.98 Å². The molecule has 4 heteroatoms. The SMILES string of the molecule is Oc1ccc(Cl)c2ocnc12. The molecule has 0 aliphatic rings. The fourth-order valence-corrected chi connectivity index (χ4v) is 1.10. The summed E-state index contributed by atoms with van der Waals surface area (Å²) < 4.78 is 4.93. The van der Waals surface area contributed by atoms with Crippen LogP contribution >= 0.6 is 11.6 Å². The molecule has 0 atom stereocenters. The molecule has 1 N–H and O–H groups in total. The first-order valence-electron chi connectivity index (χ1n) is 2.99. The number of halogens is 1. The van der Waals surface area contributed by atoms with E-state index >= 15 is 0 Å². The lowest BCUT2D eigenvalue weighted by molar-refractivity contribution is 0.480. The Labute approximate surface area is 67.2 Å². The fourth-order valence-electron chi connectivity index (χ4n) is 0.905. The number of phenols is 1. The van der Waals surface area contributed by atoms with Crippen LogP contribution in [0.25, 0.3) is 11.1 Å². The number of benzene rings is 1. The monoisotopic (exact) mass is 169 g/mol. The first-order valence-corrected chi connectivity index (χ1v) is 3.37. The molecule has 0 amide bonds. The lowest BCUT2D eigenvalue weighted by Crippen LogP contribution is -1.70. The summed E-state index contributed by atoms with van der Waals surface area (Å²) in [7, 11) is 0. The van der Waals surface area contributed by atoms with E-state index in [9.17, 15) is 5.11 Å². The molecule has 1 aromatic carbocycles. The Morgan fingerprint density at radius 2 is 2.27 bits per heavy atom. The van der Waals surface area contributed by atoms with E-state index in [0.717, 1.165) is 0 Å². The van der Waals surface area contributed by atoms with E-state index in [-0.39, 0.29) is 5.75 Å². The van der Waals surface area contributed by atoms with E-state index in [1.54, 1.807) is 6.07 Å². The van der Waals surface area contributed by atoms with Gasteiger partial charge in [0.25, 0.3) is 0 Å². The van der Waals surface area contributed by atoms with E-state index in [0.29, 0.717) is 16.1 Å². The molecule has 0 radical (unpaired) electrons. The van der Waals surface area contributed by atoms with E-state index in [2.05, 4.69) is 4.98 Å². The number of aromatic hydroxyl groups is 1. The van der Waals surface area contributed by atoms with Gasteiger partial charge in [0, 0.05) is 0 Å². The Morgan fingerprint density at radius 1 is 1.45 bits per heavy atom. The van der Waals surface area contributed by atoms with Crippen molar-refractivity contribution in [2.75, 3.05) is 0 Å². The lowest BCUT2D eigenvalue weighted by Gasteiger charge is -1.92. The highest BCUT2D eigenvalue weighted by atomic mass is 35.5. The minimum Gasteiger partial charge on any atom is -0.506 e. The van der Waals surface area contributed by atoms with Gasteiger partial charge >= 0.3 is 0 Å². The van der Waals surface area contributed by atoms with Gasteiger partial charge in [0.2, 0.25) is 0 Å². The van der Waals surface area contributed by atoms with Crippen molar-refractivity contribution in [2.24, 2.45) is 0 Å².